The lowest BCUT2D eigenvalue weighted by atomic mass is 9.41. The predicted octanol–water partition coefficient (Wildman–Crippen LogP) is 13.5. The van der Waals surface area contributed by atoms with Crippen molar-refractivity contribution in [2.45, 2.75) is 5.92 Å². The third kappa shape index (κ3) is 4.39. The van der Waals surface area contributed by atoms with Crippen molar-refractivity contribution in [1.82, 2.24) is 4.48 Å². The number of fused-ring (bicyclic) bond motifs is 13. The number of nitrogens with zero attached hydrogens (tertiary/aromatic N) is 1. The first-order chi connectivity index (χ1) is 29.7. The Morgan fingerprint density at radius 3 is 1.82 bits per heavy atom. The average molecular weight is 760 g/mol. The fraction of sp³-hybridized carbons (Fsp3) is 0.0175. The molecule has 0 bridgehead atoms. The summed E-state index contributed by atoms with van der Waals surface area (Å²) in [5.74, 6) is -0.0624. The molecule has 10 aromatic carbocycles. The van der Waals surface area contributed by atoms with E-state index in [4.69, 9.17) is 4.42 Å². The quantitative estimate of drug-likeness (QED) is 0.130. The molecule has 276 valence electrons. The minimum atomic E-state index is -0.0714. The number of hydrogen-bond acceptors (Lipinski definition) is 1. The average Bonchev–Trinajstić information content (AvgIpc) is 3.85. The molecule has 1 atom stereocenters. The predicted molar refractivity (Wildman–Crippen MR) is 252 cm³/mol. The van der Waals surface area contributed by atoms with Crippen LogP contribution in [0, 0.1) is 0 Å². The first-order valence-corrected chi connectivity index (χ1v) is 21.0. The van der Waals surface area contributed by atoms with Gasteiger partial charge in [0.25, 0.3) is 0 Å². The smallest absolute Gasteiger partial charge is 0.329 e. The number of rotatable bonds is 3. The monoisotopic (exact) mass is 759 g/mol. The van der Waals surface area contributed by atoms with E-state index in [0.717, 1.165) is 16.6 Å². The van der Waals surface area contributed by atoms with Crippen molar-refractivity contribution >= 4 is 83.1 Å². The highest BCUT2D eigenvalue weighted by Gasteiger charge is 2.45. The maximum Gasteiger partial charge on any atom is 0.329 e. The van der Waals surface area contributed by atoms with Gasteiger partial charge in [0, 0.05) is 49.6 Å². The Kier molecular flexibility index (Phi) is 6.46. The zero-order valence-corrected chi connectivity index (χ0v) is 32.6. The second kappa shape index (κ2) is 12.0. The van der Waals surface area contributed by atoms with Crippen molar-refractivity contribution in [1.29, 1.82) is 0 Å². The number of benzene rings is 10. The van der Waals surface area contributed by atoms with Crippen LogP contribution in [-0.2, 0) is 0 Å². The molecule has 2 aliphatic heterocycles. The molecule has 0 radical (unpaired) electrons. The van der Waals surface area contributed by atoms with Crippen molar-refractivity contribution in [3.8, 4) is 33.4 Å². The van der Waals surface area contributed by atoms with Gasteiger partial charge in [-0.25, -0.2) is 0 Å². The van der Waals surface area contributed by atoms with Crippen LogP contribution in [0.1, 0.15) is 22.6 Å². The summed E-state index contributed by atoms with van der Waals surface area (Å²) in [6, 6.07) is 74.6. The van der Waals surface area contributed by atoms with E-state index in [-0.39, 0.29) is 12.8 Å². The van der Waals surface area contributed by atoms with E-state index in [1.165, 1.54) is 110 Å². The normalized spacial score (nSPS) is 14.1. The summed E-state index contributed by atoms with van der Waals surface area (Å²) < 4.78 is 9.70. The Labute approximate surface area is 346 Å². The lowest BCUT2D eigenvalue weighted by molar-refractivity contribution is 0.670. The largest absolute Gasteiger partial charge is 0.455 e. The first-order valence-electron chi connectivity index (χ1n) is 21.0. The van der Waals surface area contributed by atoms with Gasteiger partial charge in [-0.15, -0.1) is 0 Å². The van der Waals surface area contributed by atoms with E-state index in [9.17, 15) is 0 Å². The second-order valence-electron chi connectivity index (χ2n) is 16.8. The van der Waals surface area contributed by atoms with E-state index in [1.807, 2.05) is 0 Å². The molecule has 2 aromatic heterocycles. The molecule has 0 saturated carbocycles. The van der Waals surface area contributed by atoms with Crippen LogP contribution in [0.25, 0.3) is 98.7 Å². The standard InChI is InChI=1S/C57H34BNO/c1-3-14-34(15-4-1)38-28-39(35-16-5-2-6-17-35)30-42(29-38)53-48-31-40-26-36-18-7-8-19-37(36)27-41(40)32-50(48)58-55-49(53)33-47-44-21-10-12-25-52(44)60-57(47)54(55)46-23-13-22-45-43-20-9-11-24-51(43)59(58)56(45)46/h1-33,53H. The molecule has 2 aliphatic rings. The summed E-state index contributed by atoms with van der Waals surface area (Å²) in [4.78, 5) is 0. The first kappa shape index (κ1) is 32.4. The van der Waals surface area contributed by atoms with E-state index in [0.29, 0.717) is 0 Å². The van der Waals surface area contributed by atoms with Gasteiger partial charge in [-0.1, -0.05) is 164 Å². The fourth-order valence-corrected chi connectivity index (χ4v) is 11.1. The van der Waals surface area contributed by atoms with Crippen LogP contribution in [0.2, 0.25) is 0 Å². The zero-order chi connectivity index (χ0) is 39.1. The lowest BCUT2D eigenvalue weighted by Crippen LogP contribution is -2.57. The summed E-state index contributed by atoms with van der Waals surface area (Å²) >= 11 is 0. The fourth-order valence-electron chi connectivity index (χ4n) is 11.1. The molecule has 0 amide bonds. The highest BCUT2D eigenvalue weighted by molar-refractivity contribution is 6.88. The molecule has 0 spiro atoms. The Balaban J connectivity index is 1.18. The van der Waals surface area contributed by atoms with Gasteiger partial charge in [-0.2, -0.15) is 0 Å². The van der Waals surface area contributed by atoms with Gasteiger partial charge < -0.3 is 8.90 Å². The second-order valence-corrected chi connectivity index (χ2v) is 16.8. The molecule has 1 unspecified atom stereocenters. The number of furan rings is 1. The minimum Gasteiger partial charge on any atom is -0.455 e. The zero-order valence-electron chi connectivity index (χ0n) is 32.6. The molecular weight excluding hydrogens is 725 g/mol. The maximum atomic E-state index is 7.04. The van der Waals surface area contributed by atoms with Crippen LogP contribution < -0.4 is 10.9 Å². The molecule has 12 aromatic rings. The van der Waals surface area contributed by atoms with E-state index < -0.39 is 0 Å². The summed E-state index contributed by atoms with van der Waals surface area (Å²) in [7, 11) is 0. The van der Waals surface area contributed by atoms with Crippen LogP contribution >= 0.6 is 0 Å². The Bertz CT molecular complexity index is 3730. The van der Waals surface area contributed by atoms with Gasteiger partial charge in [0.05, 0.1) is 0 Å². The number of aromatic nitrogens is 1. The van der Waals surface area contributed by atoms with Gasteiger partial charge in [0.15, 0.2) is 0 Å². The molecule has 0 fully saturated rings. The summed E-state index contributed by atoms with van der Waals surface area (Å²) in [5.41, 5.74) is 18.4. The van der Waals surface area contributed by atoms with Crippen LogP contribution in [0.4, 0.5) is 0 Å². The maximum absolute atomic E-state index is 7.04. The Hall–Kier alpha value is -7.62. The third-order valence-electron chi connectivity index (χ3n) is 13.6. The molecule has 60 heavy (non-hydrogen) atoms. The summed E-state index contributed by atoms with van der Waals surface area (Å²) in [6.45, 7) is -0.0714. The van der Waals surface area contributed by atoms with E-state index in [1.54, 1.807) is 0 Å². The van der Waals surface area contributed by atoms with Crippen LogP contribution in [0.5, 0.6) is 0 Å². The molecule has 0 aliphatic carbocycles. The van der Waals surface area contributed by atoms with Gasteiger partial charge in [0.2, 0.25) is 0 Å². The van der Waals surface area contributed by atoms with Crippen LogP contribution in [-0.4, -0.2) is 11.3 Å². The Morgan fingerprint density at radius 1 is 0.433 bits per heavy atom. The molecule has 4 heterocycles. The molecule has 14 rings (SSSR count). The van der Waals surface area contributed by atoms with Crippen LogP contribution in [0.3, 0.4) is 0 Å². The van der Waals surface area contributed by atoms with Gasteiger partial charge >= 0.3 is 6.85 Å². The SMILES string of the molecule is c1ccc(-c2cc(-c3ccccc3)cc(C3c4cc5cc6ccccc6cc5cc4B4c5c3cc3c(oc6ccccc63)c5-c3cccc5c6ccccc6n4c35)c2)cc1. The third-order valence-corrected chi connectivity index (χ3v) is 13.6. The van der Waals surface area contributed by atoms with Crippen molar-refractivity contribution in [2.24, 2.45) is 0 Å². The summed E-state index contributed by atoms with van der Waals surface area (Å²) in [5, 5.41) is 9.92. The van der Waals surface area contributed by atoms with E-state index >= 15 is 0 Å². The molecular formula is C57H34BNO. The van der Waals surface area contributed by atoms with Crippen molar-refractivity contribution in [3.63, 3.8) is 0 Å². The highest BCUT2D eigenvalue weighted by Crippen LogP contribution is 2.49. The molecule has 0 N–H and O–H groups in total. The Morgan fingerprint density at radius 2 is 1.07 bits per heavy atom. The molecule has 3 heteroatoms. The van der Waals surface area contributed by atoms with Crippen molar-refractivity contribution in [2.75, 3.05) is 0 Å². The van der Waals surface area contributed by atoms with Crippen LogP contribution in [0.15, 0.2) is 205 Å². The number of para-hydroxylation sites is 3. The highest BCUT2D eigenvalue weighted by atomic mass is 16.3. The molecule has 2 nitrogen and oxygen atoms in total. The lowest BCUT2D eigenvalue weighted by Gasteiger charge is -2.38. The minimum absolute atomic E-state index is 0.0624. The summed E-state index contributed by atoms with van der Waals surface area (Å²) in [6.07, 6.45) is 0. The number of hydrogen-bond donors (Lipinski definition) is 0. The topological polar surface area (TPSA) is 18.1 Å². The van der Waals surface area contributed by atoms with Gasteiger partial charge in [-0.05, 0) is 108 Å². The van der Waals surface area contributed by atoms with Gasteiger partial charge in [-0.3, -0.25) is 0 Å². The van der Waals surface area contributed by atoms with Crippen molar-refractivity contribution in [3.05, 3.63) is 217 Å². The molecule has 0 saturated heterocycles. The van der Waals surface area contributed by atoms with Gasteiger partial charge in [0.1, 0.15) is 11.2 Å². The van der Waals surface area contributed by atoms with E-state index in [2.05, 4.69) is 205 Å². The van der Waals surface area contributed by atoms with Crippen molar-refractivity contribution < 1.29 is 4.42 Å².